The number of ether oxygens (including phenoxy) is 1. The molecule has 0 saturated carbocycles. The molecular formula is C22H23N3O2. The lowest BCUT2D eigenvalue weighted by Gasteiger charge is -2.17. The zero-order valence-corrected chi connectivity index (χ0v) is 15.1. The second kappa shape index (κ2) is 8.10. The second-order valence-electron chi connectivity index (χ2n) is 6.72. The maximum absolute atomic E-state index is 9.49. The van der Waals surface area contributed by atoms with Crippen LogP contribution in [0.4, 0.5) is 5.69 Å². The van der Waals surface area contributed by atoms with Crippen LogP contribution in [0.15, 0.2) is 67.0 Å². The Morgan fingerprint density at radius 1 is 1.11 bits per heavy atom. The molecule has 0 radical (unpaired) electrons. The molecule has 0 spiro atoms. The lowest BCUT2D eigenvalue weighted by Crippen LogP contribution is -2.29. The Morgan fingerprint density at radius 2 is 2.00 bits per heavy atom. The van der Waals surface area contributed by atoms with E-state index in [0.717, 1.165) is 35.7 Å². The lowest BCUT2D eigenvalue weighted by atomic mass is 10.1. The van der Waals surface area contributed by atoms with Gasteiger partial charge in [-0.2, -0.15) is 0 Å². The molecule has 1 fully saturated rings. The van der Waals surface area contributed by atoms with Crippen LogP contribution >= 0.6 is 0 Å². The molecule has 2 aromatic carbocycles. The zero-order valence-electron chi connectivity index (χ0n) is 15.1. The van der Waals surface area contributed by atoms with Crippen LogP contribution in [-0.4, -0.2) is 29.2 Å². The summed E-state index contributed by atoms with van der Waals surface area (Å²) in [6.07, 6.45) is 6.02. The molecule has 1 aliphatic rings. The second-order valence-corrected chi connectivity index (χ2v) is 6.72. The van der Waals surface area contributed by atoms with E-state index in [1.165, 1.54) is 12.8 Å². The monoisotopic (exact) mass is 361 g/mol. The predicted octanol–water partition coefficient (Wildman–Crippen LogP) is 4.41. The van der Waals surface area contributed by atoms with Gasteiger partial charge < -0.3 is 20.5 Å². The normalized spacial score (nSPS) is 16.2. The van der Waals surface area contributed by atoms with Gasteiger partial charge in [-0.05, 0) is 67.4 Å². The van der Waals surface area contributed by atoms with Crippen LogP contribution < -0.4 is 15.4 Å². The third-order valence-electron chi connectivity index (χ3n) is 4.74. The molecule has 1 atom stereocenters. The number of pyridine rings is 1. The summed E-state index contributed by atoms with van der Waals surface area (Å²) in [6.45, 7) is 1.95. The van der Waals surface area contributed by atoms with Gasteiger partial charge in [-0.1, -0.05) is 12.1 Å². The van der Waals surface area contributed by atoms with Crippen molar-refractivity contribution in [2.75, 3.05) is 18.4 Å². The van der Waals surface area contributed by atoms with E-state index in [9.17, 15) is 5.11 Å². The quantitative estimate of drug-likeness (QED) is 0.607. The maximum atomic E-state index is 9.49. The Bertz CT molecular complexity index is 876. The van der Waals surface area contributed by atoms with Crippen molar-refractivity contribution in [1.82, 2.24) is 10.3 Å². The van der Waals surface area contributed by atoms with E-state index in [0.29, 0.717) is 11.8 Å². The summed E-state index contributed by atoms with van der Waals surface area (Å²) in [5, 5.41) is 16.5. The third-order valence-corrected chi connectivity index (χ3v) is 4.74. The first-order chi connectivity index (χ1) is 13.3. The third kappa shape index (κ3) is 4.38. The summed E-state index contributed by atoms with van der Waals surface area (Å²) >= 11 is 0. The van der Waals surface area contributed by atoms with Gasteiger partial charge in [0.15, 0.2) is 5.75 Å². The highest BCUT2D eigenvalue weighted by molar-refractivity contribution is 5.71. The van der Waals surface area contributed by atoms with Crippen molar-refractivity contribution < 1.29 is 9.84 Å². The van der Waals surface area contributed by atoms with E-state index in [1.54, 1.807) is 30.5 Å². The number of benzene rings is 2. The topological polar surface area (TPSA) is 66.4 Å². The van der Waals surface area contributed by atoms with E-state index in [1.807, 2.05) is 30.5 Å². The smallest absolute Gasteiger partial charge is 0.151 e. The summed E-state index contributed by atoms with van der Waals surface area (Å²) in [4.78, 5) is 4.20. The van der Waals surface area contributed by atoms with Crippen LogP contribution in [0, 0.1) is 0 Å². The van der Waals surface area contributed by atoms with Gasteiger partial charge in [-0.25, -0.2) is 0 Å². The molecule has 0 unspecified atom stereocenters. The Hall–Kier alpha value is -3.05. The molecule has 1 saturated heterocycles. The summed E-state index contributed by atoms with van der Waals surface area (Å²) in [6, 6.07) is 17.3. The average Bonchev–Trinajstić information content (AvgIpc) is 3.23. The van der Waals surface area contributed by atoms with Crippen LogP contribution in [0.1, 0.15) is 12.8 Å². The van der Waals surface area contributed by atoms with Crippen molar-refractivity contribution in [2.24, 2.45) is 0 Å². The first-order valence-electron chi connectivity index (χ1n) is 9.26. The molecule has 2 heterocycles. The summed E-state index contributed by atoms with van der Waals surface area (Å²) in [7, 11) is 0. The first kappa shape index (κ1) is 17.4. The molecule has 3 aromatic rings. The van der Waals surface area contributed by atoms with Gasteiger partial charge in [0.1, 0.15) is 11.5 Å². The van der Waals surface area contributed by atoms with E-state index in [2.05, 4.69) is 21.7 Å². The summed E-state index contributed by atoms with van der Waals surface area (Å²) in [5.74, 6) is 1.65. The number of aromatic nitrogens is 1. The van der Waals surface area contributed by atoms with Crippen LogP contribution in [0.5, 0.6) is 17.2 Å². The molecule has 0 aliphatic carbocycles. The Labute approximate surface area is 159 Å². The fraction of sp³-hybridized carbons (Fsp3) is 0.227. The summed E-state index contributed by atoms with van der Waals surface area (Å²) < 4.78 is 6.13. The molecule has 27 heavy (non-hydrogen) atoms. The molecule has 1 aromatic heterocycles. The molecule has 1 aliphatic heterocycles. The zero-order chi connectivity index (χ0) is 18.5. The number of anilines is 1. The van der Waals surface area contributed by atoms with Gasteiger partial charge >= 0.3 is 0 Å². The maximum Gasteiger partial charge on any atom is 0.151 e. The first-order valence-corrected chi connectivity index (χ1v) is 9.26. The van der Waals surface area contributed by atoms with E-state index in [4.69, 9.17) is 4.74 Å². The summed E-state index contributed by atoms with van der Waals surface area (Å²) in [5.41, 5.74) is 3.03. The number of hydrogen-bond donors (Lipinski definition) is 3. The minimum absolute atomic E-state index is 0.220. The van der Waals surface area contributed by atoms with Gasteiger partial charge in [0.25, 0.3) is 0 Å². The van der Waals surface area contributed by atoms with Crippen molar-refractivity contribution in [1.29, 1.82) is 0 Å². The Morgan fingerprint density at radius 3 is 2.74 bits per heavy atom. The highest BCUT2D eigenvalue weighted by Gasteiger charge is 2.15. The number of phenolic OH excluding ortho intramolecular Hbond substituents is 1. The molecule has 5 nitrogen and oxygen atoms in total. The van der Waals surface area contributed by atoms with Crippen LogP contribution in [0.2, 0.25) is 0 Å². The Balaban J connectivity index is 1.61. The minimum atomic E-state index is 0.220. The molecule has 0 bridgehead atoms. The molecule has 3 N–H and O–H groups in total. The standard InChI is InChI=1S/C22H23N3O2/c26-19-6-8-20(9-7-19)27-22-13-16(17-3-1-11-23-14-17)5-10-21(22)25-15-18-4-2-12-24-18/h1,3,5-11,13-14,18,24-26H,2,4,12,15H2/t18-/m0/s1. The predicted molar refractivity (Wildman–Crippen MR) is 107 cm³/mol. The largest absolute Gasteiger partial charge is 0.508 e. The van der Waals surface area contributed by atoms with Crippen LogP contribution in [0.3, 0.4) is 0 Å². The molecule has 4 rings (SSSR count). The van der Waals surface area contributed by atoms with Crippen molar-refractivity contribution in [3.63, 3.8) is 0 Å². The van der Waals surface area contributed by atoms with Crippen molar-refractivity contribution >= 4 is 5.69 Å². The van der Waals surface area contributed by atoms with Gasteiger partial charge in [0.2, 0.25) is 0 Å². The van der Waals surface area contributed by atoms with E-state index >= 15 is 0 Å². The van der Waals surface area contributed by atoms with E-state index < -0.39 is 0 Å². The van der Waals surface area contributed by atoms with Crippen LogP contribution in [-0.2, 0) is 0 Å². The van der Waals surface area contributed by atoms with Crippen molar-refractivity contribution in [2.45, 2.75) is 18.9 Å². The van der Waals surface area contributed by atoms with Gasteiger partial charge in [0.05, 0.1) is 5.69 Å². The number of hydrogen-bond acceptors (Lipinski definition) is 5. The lowest BCUT2D eigenvalue weighted by molar-refractivity contribution is 0.465. The molecule has 138 valence electrons. The average molecular weight is 361 g/mol. The SMILES string of the molecule is Oc1ccc(Oc2cc(-c3cccnc3)ccc2NC[C@@H]2CCCN2)cc1. The van der Waals surface area contributed by atoms with Crippen molar-refractivity contribution in [3.05, 3.63) is 67.0 Å². The number of nitrogens with one attached hydrogen (secondary N) is 2. The minimum Gasteiger partial charge on any atom is -0.508 e. The Kier molecular flexibility index (Phi) is 5.21. The number of rotatable bonds is 6. The number of phenols is 1. The fourth-order valence-corrected chi connectivity index (χ4v) is 3.27. The van der Waals surface area contributed by atoms with Gasteiger partial charge in [-0.3, -0.25) is 4.98 Å². The van der Waals surface area contributed by atoms with E-state index in [-0.39, 0.29) is 5.75 Å². The molecular weight excluding hydrogens is 338 g/mol. The number of aromatic hydroxyl groups is 1. The van der Waals surface area contributed by atoms with Gasteiger partial charge in [0, 0.05) is 30.5 Å². The highest BCUT2D eigenvalue weighted by atomic mass is 16.5. The van der Waals surface area contributed by atoms with Crippen molar-refractivity contribution in [3.8, 4) is 28.4 Å². The molecule has 5 heteroatoms. The van der Waals surface area contributed by atoms with Gasteiger partial charge in [-0.15, -0.1) is 0 Å². The fourth-order valence-electron chi connectivity index (χ4n) is 3.27. The highest BCUT2D eigenvalue weighted by Crippen LogP contribution is 2.34. The molecule has 0 amide bonds. The number of nitrogens with zero attached hydrogens (tertiary/aromatic N) is 1. The van der Waals surface area contributed by atoms with Crippen LogP contribution in [0.25, 0.3) is 11.1 Å².